The van der Waals surface area contributed by atoms with Gasteiger partial charge in [0.25, 0.3) is 0 Å². The summed E-state index contributed by atoms with van der Waals surface area (Å²) < 4.78 is 0. The van der Waals surface area contributed by atoms with Crippen LogP contribution in [0.4, 0.5) is 0 Å². The number of aliphatic hydroxyl groups is 2. The molecule has 37 valence electrons. The SMILES string of the molecule is [NH]C[C@H](O)CO. The van der Waals surface area contributed by atoms with Crippen LogP contribution in [0.5, 0.6) is 0 Å². The number of nitrogens with one attached hydrogen (secondary N) is 1. The predicted molar refractivity (Wildman–Crippen MR) is 21.1 cm³/mol. The highest BCUT2D eigenvalue weighted by Gasteiger charge is 1.93. The molecule has 1 atom stereocenters. The molecule has 0 rings (SSSR count). The zero-order valence-electron chi connectivity index (χ0n) is 3.39. The third kappa shape index (κ3) is 2.14. The second-order valence-corrected chi connectivity index (χ2v) is 1.04. The maximum absolute atomic E-state index is 8.23. The molecule has 0 aromatic carbocycles. The van der Waals surface area contributed by atoms with Crippen molar-refractivity contribution in [1.29, 1.82) is 0 Å². The van der Waals surface area contributed by atoms with E-state index in [4.69, 9.17) is 15.9 Å². The minimum Gasteiger partial charge on any atom is -0.394 e. The molecule has 6 heavy (non-hydrogen) atoms. The Kier molecular flexibility index (Phi) is 3.02. The molecule has 0 saturated heterocycles. The predicted octanol–water partition coefficient (Wildman–Crippen LogP) is -1.38. The van der Waals surface area contributed by atoms with Crippen molar-refractivity contribution in [1.82, 2.24) is 5.73 Å². The Bertz CT molecular complexity index is 28.0. The van der Waals surface area contributed by atoms with Gasteiger partial charge in [0.2, 0.25) is 0 Å². The summed E-state index contributed by atoms with van der Waals surface area (Å²) in [6.45, 7) is -0.417. The van der Waals surface area contributed by atoms with Gasteiger partial charge in [0.05, 0.1) is 12.7 Å². The fraction of sp³-hybridized carbons (Fsp3) is 1.00. The van der Waals surface area contributed by atoms with Crippen molar-refractivity contribution in [2.24, 2.45) is 0 Å². The van der Waals surface area contributed by atoms with Gasteiger partial charge < -0.3 is 10.2 Å². The normalized spacial score (nSPS) is 14.5. The van der Waals surface area contributed by atoms with Crippen molar-refractivity contribution in [3.8, 4) is 0 Å². The topological polar surface area (TPSA) is 64.3 Å². The highest BCUT2D eigenvalue weighted by molar-refractivity contribution is 4.47. The molecule has 0 saturated carbocycles. The van der Waals surface area contributed by atoms with E-state index in [0.717, 1.165) is 0 Å². The molecule has 0 unspecified atom stereocenters. The van der Waals surface area contributed by atoms with Gasteiger partial charge in [0.1, 0.15) is 0 Å². The van der Waals surface area contributed by atoms with Crippen molar-refractivity contribution in [3.63, 3.8) is 0 Å². The van der Waals surface area contributed by atoms with E-state index in [1.54, 1.807) is 0 Å². The number of rotatable bonds is 2. The van der Waals surface area contributed by atoms with Crippen molar-refractivity contribution in [2.75, 3.05) is 13.2 Å². The number of hydrogen-bond acceptors (Lipinski definition) is 2. The van der Waals surface area contributed by atoms with Crippen LogP contribution in [0.25, 0.3) is 0 Å². The van der Waals surface area contributed by atoms with Gasteiger partial charge in [-0.25, -0.2) is 0 Å². The minimum atomic E-state index is -0.843. The minimum absolute atomic E-state index is 0.115. The largest absolute Gasteiger partial charge is 0.394 e. The molecule has 0 aromatic heterocycles. The van der Waals surface area contributed by atoms with Crippen molar-refractivity contribution >= 4 is 0 Å². The van der Waals surface area contributed by atoms with Gasteiger partial charge in [-0.3, -0.25) is 5.73 Å². The quantitative estimate of drug-likeness (QED) is 0.439. The summed E-state index contributed by atoms with van der Waals surface area (Å²) in [4.78, 5) is 0. The zero-order chi connectivity index (χ0) is 4.99. The Hall–Kier alpha value is -0.120. The molecule has 3 nitrogen and oxygen atoms in total. The third-order valence-electron chi connectivity index (χ3n) is 0.446. The van der Waals surface area contributed by atoms with E-state index in [-0.39, 0.29) is 13.2 Å². The number of hydrogen-bond donors (Lipinski definition) is 2. The lowest BCUT2D eigenvalue weighted by molar-refractivity contribution is 0.101. The molecule has 1 radical (unpaired) electrons. The molecule has 0 aliphatic carbocycles. The monoisotopic (exact) mass is 90.1 g/mol. The fourth-order valence-corrected chi connectivity index (χ4v) is 0.0645. The lowest BCUT2D eigenvalue weighted by Gasteiger charge is -1.96. The zero-order valence-corrected chi connectivity index (χ0v) is 3.39. The molecular weight excluding hydrogens is 82.0 g/mol. The lowest BCUT2D eigenvalue weighted by Crippen LogP contribution is -2.17. The summed E-state index contributed by atoms with van der Waals surface area (Å²) in [7, 11) is 0. The van der Waals surface area contributed by atoms with E-state index in [1.807, 2.05) is 0 Å². The summed E-state index contributed by atoms with van der Waals surface area (Å²) in [5.41, 5.74) is 6.40. The smallest absolute Gasteiger partial charge is 0.0908 e. The summed E-state index contributed by atoms with van der Waals surface area (Å²) in [5.74, 6) is 0. The standard InChI is InChI=1S/C3H8NO2/c4-1-3(6)2-5/h3-6H,1-2H2/t3-/m0/s1. The Morgan fingerprint density at radius 3 is 2.17 bits per heavy atom. The van der Waals surface area contributed by atoms with Crippen LogP contribution >= 0.6 is 0 Å². The van der Waals surface area contributed by atoms with E-state index >= 15 is 0 Å². The Labute approximate surface area is 36.4 Å². The molecule has 0 aliphatic rings. The van der Waals surface area contributed by atoms with Gasteiger partial charge >= 0.3 is 0 Å². The highest BCUT2D eigenvalue weighted by Crippen LogP contribution is 1.70. The second-order valence-electron chi connectivity index (χ2n) is 1.04. The Balaban J connectivity index is 2.75. The maximum atomic E-state index is 8.23. The van der Waals surface area contributed by atoms with Crippen LogP contribution in [-0.4, -0.2) is 29.5 Å². The summed E-state index contributed by atoms with van der Waals surface area (Å²) in [5, 5.41) is 16.2. The van der Waals surface area contributed by atoms with Gasteiger partial charge in [-0.1, -0.05) is 0 Å². The van der Waals surface area contributed by atoms with E-state index in [9.17, 15) is 0 Å². The van der Waals surface area contributed by atoms with Crippen LogP contribution in [-0.2, 0) is 0 Å². The van der Waals surface area contributed by atoms with Crippen LogP contribution in [0.15, 0.2) is 0 Å². The van der Waals surface area contributed by atoms with Crippen LogP contribution < -0.4 is 5.73 Å². The van der Waals surface area contributed by atoms with Crippen LogP contribution in [0.3, 0.4) is 0 Å². The van der Waals surface area contributed by atoms with Crippen molar-refractivity contribution < 1.29 is 10.2 Å². The molecule has 0 fully saturated rings. The molecule has 0 heterocycles. The van der Waals surface area contributed by atoms with Crippen molar-refractivity contribution in [2.45, 2.75) is 6.10 Å². The first-order valence-electron chi connectivity index (χ1n) is 1.74. The first kappa shape index (κ1) is 5.88. The molecule has 0 spiro atoms. The molecule has 0 aliphatic heterocycles. The number of aliphatic hydroxyl groups excluding tert-OH is 2. The Morgan fingerprint density at radius 1 is 1.67 bits per heavy atom. The molecule has 3 N–H and O–H groups in total. The van der Waals surface area contributed by atoms with Crippen LogP contribution in [0, 0.1) is 0 Å². The Morgan fingerprint density at radius 2 is 2.17 bits per heavy atom. The first-order valence-corrected chi connectivity index (χ1v) is 1.74. The molecule has 0 aromatic rings. The molecule has 0 bridgehead atoms. The van der Waals surface area contributed by atoms with Gasteiger partial charge in [-0.05, 0) is 0 Å². The van der Waals surface area contributed by atoms with Crippen molar-refractivity contribution in [3.05, 3.63) is 0 Å². The maximum Gasteiger partial charge on any atom is 0.0908 e. The van der Waals surface area contributed by atoms with E-state index in [1.165, 1.54) is 0 Å². The van der Waals surface area contributed by atoms with E-state index in [0.29, 0.717) is 0 Å². The van der Waals surface area contributed by atoms with Gasteiger partial charge in [-0.2, -0.15) is 0 Å². The summed E-state index contributed by atoms with van der Waals surface area (Å²) in [6.07, 6.45) is -0.843. The highest BCUT2D eigenvalue weighted by atomic mass is 16.3. The third-order valence-corrected chi connectivity index (χ3v) is 0.446. The summed E-state index contributed by atoms with van der Waals surface area (Å²) in [6, 6.07) is 0. The fourth-order valence-electron chi connectivity index (χ4n) is 0.0645. The molecule has 0 amide bonds. The second kappa shape index (κ2) is 3.08. The van der Waals surface area contributed by atoms with Gasteiger partial charge in [-0.15, -0.1) is 0 Å². The van der Waals surface area contributed by atoms with Crippen LogP contribution in [0.1, 0.15) is 0 Å². The first-order chi connectivity index (χ1) is 2.81. The van der Waals surface area contributed by atoms with E-state index in [2.05, 4.69) is 0 Å². The average molecular weight is 90.1 g/mol. The average Bonchev–Trinajstić information content (AvgIpc) is 1.65. The van der Waals surface area contributed by atoms with Crippen LogP contribution in [0.2, 0.25) is 0 Å². The van der Waals surface area contributed by atoms with Gasteiger partial charge in [0, 0.05) is 6.54 Å². The summed E-state index contributed by atoms with van der Waals surface area (Å²) >= 11 is 0. The van der Waals surface area contributed by atoms with Gasteiger partial charge in [0.15, 0.2) is 0 Å². The van der Waals surface area contributed by atoms with E-state index < -0.39 is 6.10 Å². The lowest BCUT2D eigenvalue weighted by atomic mass is 10.4. The molecule has 3 heteroatoms. The molecular formula is C3H8NO2.